The summed E-state index contributed by atoms with van der Waals surface area (Å²) in [5.41, 5.74) is 14.8. The standard InChI is InChI=1S/C25H21F3N4O2S2/c26-25(27,28)14-6-3-12(4-7-14)11-31-17(33)10-13-5-8-15-18(16-2-1-9-35-16)19-20(29)22(23(30)34)36-24(19)32-21(13)15/h1-4,6-7,9,13H,5,8,10-11,29H2,(H2,30,34)(H,31,33). The van der Waals surface area contributed by atoms with Crippen LogP contribution >= 0.6 is 22.7 Å². The largest absolute Gasteiger partial charge is 0.416 e. The van der Waals surface area contributed by atoms with Crippen molar-refractivity contribution in [1.29, 1.82) is 0 Å². The number of anilines is 1. The van der Waals surface area contributed by atoms with Crippen molar-refractivity contribution in [2.75, 3.05) is 5.73 Å². The highest BCUT2D eigenvalue weighted by Crippen LogP contribution is 2.48. The number of rotatable bonds is 6. The number of nitrogens with zero attached hydrogens (tertiary/aromatic N) is 1. The lowest BCUT2D eigenvalue weighted by molar-refractivity contribution is -0.137. The molecule has 0 spiro atoms. The number of pyridine rings is 1. The third-order valence-electron chi connectivity index (χ3n) is 6.33. The zero-order chi connectivity index (χ0) is 25.6. The van der Waals surface area contributed by atoms with Crippen LogP contribution in [0.4, 0.5) is 18.9 Å². The second kappa shape index (κ2) is 9.21. The molecule has 0 radical (unpaired) electrons. The maximum absolute atomic E-state index is 12.8. The Hall–Kier alpha value is -3.44. The summed E-state index contributed by atoms with van der Waals surface area (Å²) in [6.45, 7) is 0.132. The minimum absolute atomic E-state index is 0.129. The Morgan fingerprint density at radius 2 is 1.92 bits per heavy atom. The lowest BCUT2D eigenvalue weighted by Gasteiger charge is -2.14. The number of alkyl halides is 3. The van der Waals surface area contributed by atoms with Crippen molar-refractivity contribution in [3.63, 3.8) is 0 Å². The normalized spacial score (nSPS) is 15.2. The number of hydrogen-bond acceptors (Lipinski definition) is 6. The summed E-state index contributed by atoms with van der Waals surface area (Å²) >= 11 is 2.72. The number of nitrogens with two attached hydrogens (primary N) is 2. The summed E-state index contributed by atoms with van der Waals surface area (Å²) in [7, 11) is 0. The van der Waals surface area contributed by atoms with E-state index in [2.05, 4.69) is 5.32 Å². The van der Waals surface area contributed by atoms with Crippen LogP contribution in [0.3, 0.4) is 0 Å². The van der Waals surface area contributed by atoms with Crippen LogP contribution in [0.5, 0.6) is 0 Å². The average molecular weight is 531 g/mol. The van der Waals surface area contributed by atoms with Crippen molar-refractivity contribution in [3.05, 3.63) is 69.0 Å². The van der Waals surface area contributed by atoms with Crippen LogP contribution < -0.4 is 16.8 Å². The molecule has 2 amide bonds. The van der Waals surface area contributed by atoms with E-state index >= 15 is 0 Å². The molecule has 1 aromatic carbocycles. The fraction of sp³-hybridized carbons (Fsp3) is 0.240. The SMILES string of the molecule is NC(=O)c1sc2nc3c(c(-c4cccs4)c2c1N)CCC3CC(=O)NCc1ccc(C(F)(F)F)cc1. The van der Waals surface area contributed by atoms with Gasteiger partial charge in [0.25, 0.3) is 5.91 Å². The second-order valence-electron chi connectivity index (χ2n) is 8.63. The third kappa shape index (κ3) is 4.44. The van der Waals surface area contributed by atoms with E-state index in [0.717, 1.165) is 57.0 Å². The topological polar surface area (TPSA) is 111 Å². The molecular weight excluding hydrogens is 509 g/mol. The highest BCUT2D eigenvalue weighted by atomic mass is 32.1. The van der Waals surface area contributed by atoms with Gasteiger partial charge in [-0.1, -0.05) is 18.2 Å². The zero-order valence-electron chi connectivity index (χ0n) is 18.8. The van der Waals surface area contributed by atoms with E-state index in [9.17, 15) is 22.8 Å². The Morgan fingerprint density at radius 3 is 2.56 bits per heavy atom. The van der Waals surface area contributed by atoms with Crippen LogP contribution in [0.15, 0.2) is 41.8 Å². The number of primary amides is 1. The highest BCUT2D eigenvalue weighted by Gasteiger charge is 2.33. The number of hydrogen-bond donors (Lipinski definition) is 3. The van der Waals surface area contributed by atoms with Crippen molar-refractivity contribution < 1.29 is 22.8 Å². The van der Waals surface area contributed by atoms with Gasteiger partial charge in [0.15, 0.2) is 0 Å². The first-order valence-electron chi connectivity index (χ1n) is 11.1. The van der Waals surface area contributed by atoms with Gasteiger partial charge in [-0.25, -0.2) is 4.98 Å². The molecule has 1 atom stereocenters. The number of halogens is 3. The molecule has 3 aromatic heterocycles. The number of benzene rings is 1. The fourth-order valence-electron chi connectivity index (χ4n) is 4.64. The van der Waals surface area contributed by atoms with E-state index in [1.165, 1.54) is 12.1 Å². The molecule has 0 aliphatic heterocycles. The predicted molar refractivity (Wildman–Crippen MR) is 135 cm³/mol. The smallest absolute Gasteiger partial charge is 0.397 e. The highest BCUT2D eigenvalue weighted by molar-refractivity contribution is 7.21. The number of thiophene rings is 2. The van der Waals surface area contributed by atoms with Gasteiger partial charge in [-0.3, -0.25) is 9.59 Å². The Morgan fingerprint density at radius 1 is 1.17 bits per heavy atom. The molecule has 36 heavy (non-hydrogen) atoms. The lowest BCUT2D eigenvalue weighted by atomic mass is 9.98. The zero-order valence-corrected chi connectivity index (χ0v) is 20.4. The van der Waals surface area contributed by atoms with Crippen LogP contribution in [0.1, 0.15) is 50.8 Å². The molecule has 1 aliphatic carbocycles. The van der Waals surface area contributed by atoms with Crippen molar-refractivity contribution in [2.24, 2.45) is 5.73 Å². The number of nitrogens with one attached hydrogen (secondary N) is 1. The Bertz CT molecular complexity index is 1460. The summed E-state index contributed by atoms with van der Waals surface area (Å²) in [5.74, 6) is -0.945. The Kier molecular flexibility index (Phi) is 6.21. The summed E-state index contributed by atoms with van der Waals surface area (Å²) < 4.78 is 38.3. The molecule has 11 heteroatoms. The number of aromatic nitrogens is 1. The molecule has 3 heterocycles. The number of carbonyl (C=O) groups excluding carboxylic acids is 2. The van der Waals surface area contributed by atoms with Crippen LogP contribution in [0.2, 0.25) is 0 Å². The van der Waals surface area contributed by atoms with Crippen molar-refractivity contribution >= 4 is 50.4 Å². The van der Waals surface area contributed by atoms with Gasteiger partial charge in [0.1, 0.15) is 9.71 Å². The molecule has 0 fully saturated rings. The molecular formula is C25H21F3N4O2S2. The van der Waals surface area contributed by atoms with Gasteiger partial charge < -0.3 is 16.8 Å². The van der Waals surface area contributed by atoms with E-state index in [-0.39, 0.29) is 29.7 Å². The predicted octanol–water partition coefficient (Wildman–Crippen LogP) is 5.46. The molecule has 6 nitrogen and oxygen atoms in total. The molecule has 186 valence electrons. The van der Waals surface area contributed by atoms with E-state index in [4.69, 9.17) is 16.5 Å². The van der Waals surface area contributed by atoms with Crippen LogP contribution in [0, 0.1) is 0 Å². The second-order valence-corrected chi connectivity index (χ2v) is 10.6. The first-order valence-corrected chi connectivity index (χ1v) is 12.8. The van der Waals surface area contributed by atoms with Gasteiger partial charge in [0.2, 0.25) is 5.91 Å². The van der Waals surface area contributed by atoms with Gasteiger partial charge in [0, 0.05) is 40.4 Å². The van der Waals surface area contributed by atoms with Gasteiger partial charge in [0.05, 0.1) is 11.3 Å². The maximum atomic E-state index is 12.8. The summed E-state index contributed by atoms with van der Waals surface area (Å²) in [5, 5.41) is 5.49. The average Bonchev–Trinajstić information content (AvgIpc) is 3.56. The van der Waals surface area contributed by atoms with Gasteiger partial charge in [-0.15, -0.1) is 22.7 Å². The first-order chi connectivity index (χ1) is 17.1. The molecule has 1 unspecified atom stereocenters. The molecule has 0 saturated heterocycles. The fourth-order valence-corrected chi connectivity index (χ4v) is 6.40. The lowest BCUT2D eigenvalue weighted by Crippen LogP contribution is -2.24. The Labute approximate surface area is 212 Å². The summed E-state index contributed by atoms with van der Waals surface area (Å²) in [6, 6.07) is 8.66. The van der Waals surface area contributed by atoms with Gasteiger partial charge in [-0.2, -0.15) is 13.2 Å². The van der Waals surface area contributed by atoms with Crippen molar-refractivity contribution in [1.82, 2.24) is 10.3 Å². The molecule has 5 rings (SSSR count). The van der Waals surface area contributed by atoms with E-state index in [1.807, 2.05) is 17.5 Å². The number of carbonyl (C=O) groups is 2. The van der Waals surface area contributed by atoms with E-state index < -0.39 is 17.6 Å². The quantitative estimate of drug-likeness (QED) is 0.307. The molecule has 1 aliphatic rings. The molecule has 0 bridgehead atoms. The minimum Gasteiger partial charge on any atom is -0.397 e. The van der Waals surface area contributed by atoms with Gasteiger partial charge in [-0.05, 0) is 47.5 Å². The monoisotopic (exact) mass is 530 g/mol. The van der Waals surface area contributed by atoms with Crippen LogP contribution in [0.25, 0.3) is 20.7 Å². The van der Waals surface area contributed by atoms with E-state index in [0.29, 0.717) is 22.5 Å². The summed E-state index contributed by atoms with van der Waals surface area (Å²) in [6.07, 6.45) is -2.76. The number of nitrogen functional groups attached to an aromatic ring is 1. The van der Waals surface area contributed by atoms with Crippen LogP contribution in [-0.4, -0.2) is 16.8 Å². The van der Waals surface area contributed by atoms with Crippen molar-refractivity contribution in [3.8, 4) is 10.4 Å². The summed E-state index contributed by atoms with van der Waals surface area (Å²) in [4.78, 5) is 31.4. The van der Waals surface area contributed by atoms with Crippen LogP contribution in [-0.2, 0) is 23.9 Å². The number of fused-ring (bicyclic) bond motifs is 2. The van der Waals surface area contributed by atoms with Gasteiger partial charge >= 0.3 is 6.18 Å². The van der Waals surface area contributed by atoms with E-state index in [1.54, 1.807) is 11.3 Å². The minimum atomic E-state index is -4.40. The number of amides is 2. The molecule has 4 aromatic rings. The maximum Gasteiger partial charge on any atom is 0.416 e. The Balaban J connectivity index is 1.39. The molecule has 0 saturated carbocycles. The third-order valence-corrected chi connectivity index (χ3v) is 8.33. The first kappa shape index (κ1) is 24.3. The van der Waals surface area contributed by atoms with Crippen molar-refractivity contribution in [2.45, 2.75) is 37.9 Å². The molecule has 5 N–H and O–H groups in total.